The number of aliphatic carboxylic acids is 1. The van der Waals surface area contributed by atoms with Gasteiger partial charge in [0.1, 0.15) is 6.04 Å². The second-order valence-corrected chi connectivity index (χ2v) is 3.68. The second-order valence-electron chi connectivity index (χ2n) is 3.68. The summed E-state index contributed by atoms with van der Waals surface area (Å²) in [5.74, 6) is -0.963. The summed E-state index contributed by atoms with van der Waals surface area (Å²) in [4.78, 5) is 21.0. The highest BCUT2D eigenvalue weighted by Crippen LogP contribution is 2.05. The van der Waals surface area contributed by atoms with E-state index in [-0.39, 0.29) is 0 Å². The molecule has 0 aliphatic carbocycles. The molecule has 0 saturated carbocycles. The lowest BCUT2D eigenvalue weighted by molar-refractivity contribution is -0.138. The number of aryl methyl sites for hydroxylation is 1. The van der Waals surface area contributed by atoms with Crippen LogP contribution in [0.25, 0.3) is 0 Å². The average Bonchev–Trinajstić information content (AvgIpc) is 2.71. The van der Waals surface area contributed by atoms with E-state index in [4.69, 9.17) is 10.8 Å². The molecule has 0 saturated heterocycles. The highest BCUT2D eigenvalue weighted by atomic mass is 16.4. The Morgan fingerprint density at radius 2 is 2.31 bits per heavy atom. The Morgan fingerprint density at radius 3 is 2.94 bits per heavy atom. The van der Waals surface area contributed by atoms with E-state index < -0.39 is 12.0 Å². The molecule has 0 unspecified atom stereocenters. The fourth-order valence-corrected chi connectivity index (χ4v) is 1.51. The van der Waals surface area contributed by atoms with Gasteiger partial charge in [0.15, 0.2) is 6.29 Å². The van der Waals surface area contributed by atoms with Crippen molar-refractivity contribution in [3.8, 4) is 0 Å². The predicted octanol–water partition coefficient (Wildman–Crippen LogP) is 0.883. The van der Waals surface area contributed by atoms with E-state index in [1.807, 2.05) is 16.8 Å². The molecule has 0 aliphatic heterocycles. The first-order chi connectivity index (χ1) is 7.65. The van der Waals surface area contributed by atoms with Gasteiger partial charge in [-0.2, -0.15) is 0 Å². The Hall–Kier alpha value is -1.62. The zero-order chi connectivity index (χ0) is 12.0. The third-order valence-electron chi connectivity index (χ3n) is 2.47. The van der Waals surface area contributed by atoms with Gasteiger partial charge in [-0.3, -0.25) is 9.59 Å². The maximum atomic E-state index is 10.6. The largest absolute Gasteiger partial charge is 0.480 e. The molecule has 0 aromatic carbocycles. The van der Waals surface area contributed by atoms with Crippen LogP contribution in [-0.4, -0.2) is 28.0 Å². The molecule has 5 nitrogen and oxygen atoms in total. The molecule has 0 aliphatic rings. The number of hydrogen-bond donors (Lipinski definition) is 2. The summed E-state index contributed by atoms with van der Waals surface area (Å²) in [5.41, 5.74) is 6.01. The SMILES string of the molecule is N[C@@H](CCCCn1cccc1C=O)C(=O)O. The van der Waals surface area contributed by atoms with E-state index in [1.165, 1.54) is 0 Å². The number of unbranched alkanes of at least 4 members (excludes halogenated alkanes) is 1. The lowest BCUT2D eigenvalue weighted by Gasteiger charge is -2.07. The standard InChI is InChI=1S/C11H16N2O3/c12-10(11(15)16)5-1-2-6-13-7-3-4-9(13)8-14/h3-4,7-8,10H,1-2,5-6,12H2,(H,15,16)/t10-/m0/s1. The first kappa shape index (κ1) is 12.4. The summed E-state index contributed by atoms with van der Waals surface area (Å²) in [6, 6.07) is 2.78. The molecule has 16 heavy (non-hydrogen) atoms. The van der Waals surface area contributed by atoms with Crippen molar-refractivity contribution in [2.75, 3.05) is 0 Å². The number of carboxylic acid groups (broad SMARTS) is 1. The second kappa shape index (κ2) is 6.07. The number of nitrogens with zero attached hydrogens (tertiary/aromatic N) is 1. The Kier molecular flexibility index (Phi) is 4.72. The van der Waals surface area contributed by atoms with Crippen LogP contribution in [0, 0.1) is 0 Å². The van der Waals surface area contributed by atoms with Crippen LogP contribution >= 0.6 is 0 Å². The fourth-order valence-electron chi connectivity index (χ4n) is 1.51. The minimum Gasteiger partial charge on any atom is -0.480 e. The smallest absolute Gasteiger partial charge is 0.320 e. The van der Waals surface area contributed by atoms with Crippen molar-refractivity contribution in [3.63, 3.8) is 0 Å². The van der Waals surface area contributed by atoms with Gasteiger partial charge < -0.3 is 15.4 Å². The van der Waals surface area contributed by atoms with Crippen molar-refractivity contribution in [1.29, 1.82) is 0 Å². The van der Waals surface area contributed by atoms with Crippen LogP contribution in [0.5, 0.6) is 0 Å². The van der Waals surface area contributed by atoms with E-state index in [9.17, 15) is 9.59 Å². The molecule has 0 bridgehead atoms. The topological polar surface area (TPSA) is 85.3 Å². The van der Waals surface area contributed by atoms with Crippen LogP contribution in [-0.2, 0) is 11.3 Å². The van der Waals surface area contributed by atoms with Gasteiger partial charge in [0, 0.05) is 12.7 Å². The van der Waals surface area contributed by atoms with Gasteiger partial charge in [-0.1, -0.05) is 0 Å². The number of carbonyl (C=O) groups is 2. The average molecular weight is 224 g/mol. The van der Waals surface area contributed by atoms with Gasteiger partial charge in [0.05, 0.1) is 5.69 Å². The molecule has 1 rings (SSSR count). The number of nitrogens with two attached hydrogens (primary N) is 1. The minimum atomic E-state index is -0.963. The van der Waals surface area contributed by atoms with Crippen molar-refractivity contribution < 1.29 is 14.7 Å². The first-order valence-corrected chi connectivity index (χ1v) is 5.24. The monoisotopic (exact) mass is 224 g/mol. The molecule has 0 radical (unpaired) electrons. The normalized spacial score (nSPS) is 12.3. The van der Waals surface area contributed by atoms with Crippen LogP contribution in [0.15, 0.2) is 18.3 Å². The molecule has 1 heterocycles. The van der Waals surface area contributed by atoms with Gasteiger partial charge >= 0.3 is 5.97 Å². The minimum absolute atomic E-state index is 0.465. The fraction of sp³-hybridized carbons (Fsp3) is 0.455. The number of rotatable bonds is 7. The first-order valence-electron chi connectivity index (χ1n) is 5.24. The molecule has 1 aromatic heterocycles. The zero-order valence-electron chi connectivity index (χ0n) is 9.00. The number of carbonyl (C=O) groups excluding carboxylic acids is 1. The lowest BCUT2D eigenvalue weighted by Crippen LogP contribution is -2.29. The van der Waals surface area contributed by atoms with Crippen LogP contribution in [0.4, 0.5) is 0 Å². The van der Waals surface area contributed by atoms with Crippen molar-refractivity contribution in [2.24, 2.45) is 5.73 Å². The number of aldehydes is 1. The summed E-state index contributed by atoms with van der Waals surface area (Å²) < 4.78 is 1.85. The van der Waals surface area contributed by atoms with E-state index in [2.05, 4.69) is 0 Å². The van der Waals surface area contributed by atoms with Crippen LogP contribution in [0.1, 0.15) is 29.8 Å². The van der Waals surface area contributed by atoms with Gasteiger partial charge in [-0.05, 0) is 31.4 Å². The molecule has 0 spiro atoms. The number of aromatic nitrogens is 1. The molecule has 0 fully saturated rings. The Bertz CT molecular complexity index is 360. The molecule has 0 amide bonds. The van der Waals surface area contributed by atoms with E-state index in [0.29, 0.717) is 18.7 Å². The molecule has 1 atom stereocenters. The summed E-state index contributed by atoms with van der Waals surface area (Å²) in [5, 5.41) is 8.57. The molecule has 1 aromatic rings. The predicted molar refractivity (Wildman–Crippen MR) is 59.3 cm³/mol. The van der Waals surface area contributed by atoms with Gasteiger partial charge in [0.2, 0.25) is 0 Å². The van der Waals surface area contributed by atoms with Crippen LogP contribution < -0.4 is 5.73 Å². The Labute approximate surface area is 93.9 Å². The van der Waals surface area contributed by atoms with E-state index in [1.54, 1.807) is 6.07 Å². The van der Waals surface area contributed by atoms with Gasteiger partial charge in [-0.15, -0.1) is 0 Å². The van der Waals surface area contributed by atoms with Crippen LogP contribution in [0.3, 0.4) is 0 Å². The molecular weight excluding hydrogens is 208 g/mol. The molecule has 3 N–H and O–H groups in total. The maximum Gasteiger partial charge on any atom is 0.320 e. The van der Waals surface area contributed by atoms with Gasteiger partial charge in [0.25, 0.3) is 0 Å². The zero-order valence-corrected chi connectivity index (χ0v) is 9.00. The quantitative estimate of drug-likeness (QED) is 0.532. The van der Waals surface area contributed by atoms with Crippen molar-refractivity contribution in [1.82, 2.24) is 4.57 Å². The molecule has 5 heteroatoms. The number of carboxylic acids is 1. The third kappa shape index (κ3) is 3.51. The Balaban J connectivity index is 2.26. The molecular formula is C11H16N2O3. The van der Waals surface area contributed by atoms with Gasteiger partial charge in [-0.25, -0.2) is 0 Å². The Morgan fingerprint density at radius 1 is 1.56 bits per heavy atom. The van der Waals surface area contributed by atoms with Crippen molar-refractivity contribution >= 4 is 12.3 Å². The van der Waals surface area contributed by atoms with E-state index in [0.717, 1.165) is 19.1 Å². The summed E-state index contributed by atoms with van der Waals surface area (Å²) >= 11 is 0. The molecule has 88 valence electrons. The summed E-state index contributed by atoms with van der Waals surface area (Å²) in [6.45, 7) is 0.716. The summed E-state index contributed by atoms with van der Waals surface area (Å²) in [7, 11) is 0. The number of hydrogen-bond acceptors (Lipinski definition) is 3. The highest BCUT2D eigenvalue weighted by molar-refractivity contribution is 5.73. The summed E-state index contributed by atoms with van der Waals surface area (Å²) in [6.07, 6.45) is 4.66. The van der Waals surface area contributed by atoms with Crippen molar-refractivity contribution in [3.05, 3.63) is 24.0 Å². The van der Waals surface area contributed by atoms with Crippen molar-refractivity contribution in [2.45, 2.75) is 31.8 Å². The highest BCUT2D eigenvalue weighted by Gasteiger charge is 2.10. The maximum absolute atomic E-state index is 10.6. The lowest BCUT2D eigenvalue weighted by atomic mass is 10.1. The van der Waals surface area contributed by atoms with E-state index >= 15 is 0 Å². The van der Waals surface area contributed by atoms with Crippen LogP contribution in [0.2, 0.25) is 0 Å². The third-order valence-corrected chi connectivity index (χ3v) is 2.47.